The quantitative estimate of drug-likeness (QED) is 0.478. The summed E-state index contributed by atoms with van der Waals surface area (Å²) < 4.78 is 5.39. The summed E-state index contributed by atoms with van der Waals surface area (Å²) in [5, 5.41) is 0. The fourth-order valence-corrected chi connectivity index (χ4v) is 0.648. The number of ether oxygens (including phenoxy) is 1. The Kier molecular flexibility index (Phi) is 30.9. The molecule has 0 atom stereocenters. The van der Waals surface area contributed by atoms with Gasteiger partial charge in [-0.3, -0.25) is 19.0 Å². The Hall–Kier alpha value is -2.97. The second kappa shape index (κ2) is 24.0. The first-order valence-electron chi connectivity index (χ1n) is 7.72. The second-order valence-corrected chi connectivity index (χ2v) is 5.30. The van der Waals surface area contributed by atoms with Gasteiger partial charge in [-0.25, -0.2) is 4.98 Å². The highest BCUT2D eigenvalue weighted by Crippen LogP contribution is 1.82. The fourth-order valence-electron chi connectivity index (χ4n) is 0.648. The van der Waals surface area contributed by atoms with Gasteiger partial charge in [-0.05, 0) is 41.5 Å². The molecule has 0 aliphatic carbocycles. The number of carbonyl (C=O) groups excluding carboxylic acids is 6. The molecule has 0 aliphatic heterocycles. The predicted molar refractivity (Wildman–Crippen MR) is 107 cm³/mol. The van der Waals surface area contributed by atoms with E-state index in [1.54, 1.807) is 12.4 Å². The van der Waals surface area contributed by atoms with Crippen molar-refractivity contribution in [2.75, 3.05) is 0 Å². The molecule has 1 rings (SSSR count). The van der Waals surface area contributed by atoms with Crippen molar-refractivity contribution >= 4 is 35.2 Å². The van der Waals surface area contributed by atoms with Crippen LogP contribution in [0.15, 0.2) is 18.7 Å². The van der Waals surface area contributed by atoms with E-state index in [9.17, 15) is 28.8 Å². The minimum absolute atomic E-state index is 0. The molecule has 0 amide bonds. The molecule has 0 N–H and O–H groups in total. The lowest BCUT2D eigenvalue weighted by Crippen LogP contribution is -2.03. The molecule has 0 saturated heterocycles. The molecule has 0 spiro atoms. The molecule has 0 radical (unpaired) electrons. The zero-order valence-corrected chi connectivity index (χ0v) is 17.5. The number of ketones is 3. The molecule has 9 nitrogen and oxygen atoms in total. The number of esters is 2. The monoisotopic (exact) mass is 402 g/mol. The lowest BCUT2D eigenvalue weighted by atomic mass is 10.6. The largest absolute Gasteiger partial charge is 0.394 e. The maximum atomic E-state index is 10.4. The highest BCUT2D eigenvalue weighted by molar-refractivity contribution is 5.82. The molecule has 1 heterocycles. The Morgan fingerprint density at radius 2 is 0.964 bits per heavy atom. The number of Topliss-reactive ketones (excluding diaryl/α,β-unsaturated/α-hetero) is 3. The maximum absolute atomic E-state index is 10.4. The van der Waals surface area contributed by atoms with Crippen LogP contribution >= 0.6 is 0 Å². The van der Waals surface area contributed by atoms with E-state index in [0.717, 1.165) is 0 Å². The van der Waals surface area contributed by atoms with Crippen LogP contribution in [-0.4, -0.2) is 44.7 Å². The Labute approximate surface area is 167 Å². The van der Waals surface area contributed by atoms with E-state index in [-0.39, 0.29) is 30.7 Å². The first kappa shape index (κ1) is 36.0. The molecule has 9 heteroatoms. The van der Waals surface area contributed by atoms with Crippen molar-refractivity contribution < 1.29 is 33.5 Å². The van der Waals surface area contributed by atoms with E-state index in [2.05, 4.69) is 9.72 Å². The van der Waals surface area contributed by atoms with Crippen LogP contribution in [0.2, 0.25) is 0 Å². The number of hydrogen-bond acceptors (Lipinski definition) is 8. The molecule has 0 unspecified atom stereocenters. The average Bonchev–Trinajstić information content (AvgIpc) is 2.88. The average molecular weight is 402 g/mol. The standard InChI is InChI=1S/C5H6N2O.C4H6O3.3C3H6O.CH4/c1-5(8)7-3-2-6-4-7;1-3(5)7-4(2)6;3*1-3(2)4;/h2-4H,1H3;1-2H3;3*1-2H3;1H4. The third-order valence-corrected chi connectivity index (χ3v) is 1.16. The van der Waals surface area contributed by atoms with Gasteiger partial charge in [0, 0.05) is 33.2 Å². The number of nitrogens with zero attached hydrogens (tertiary/aromatic N) is 2. The van der Waals surface area contributed by atoms with Crippen molar-refractivity contribution in [2.45, 2.75) is 69.7 Å². The van der Waals surface area contributed by atoms with Crippen LogP contribution in [0.5, 0.6) is 0 Å². The highest BCUT2D eigenvalue weighted by Gasteiger charge is 1.93. The summed E-state index contributed by atoms with van der Waals surface area (Å²) in [6, 6.07) is 0. The van der Waals surface area contributed by atoms with Crippen molar-refractivity contribution in [1.82, 2.24) is 9.55 Å². The van der Waals surface area contributed by atoms with Crippen LogP contribution in [0.3, 0.4) is 0 Å². The smallest absolute Gasteiger partial charge is 0.310 e. The molecule has 28 heavy (non-hydrogen) atoms. The zero-order chi connectivity index (χ0) is 22.6. The van der Waals surface area contributed by atoms with E-state index in [1.165, 1.54) is 73.2 Å². The van der Waals surface area contributed by atoms with Gasteiger partial charge < -0.3 is 19.1 Å². The molecular formula is C19H34N2O7. The van der Waals surface area contributed by atoms with Gasteiger partial charge in [0.2, 0.25) is 5.91 Å². The third-order valence-electron chi connectivity index (χ3n) is 1.16. The van der Waals surface area contributed by atoms with Crippen molar-refractivity contribution in [2.24, 2.45) is 0 Å². The van der Waals surface area contributed by atoms with Crippen LogP contribution in [0.25, 0.3) is 0 Å². The van der Waals surface area contributed by atoms with Crippen LogP contribution in [0.4, 0.5) is 0 Å². The van der Waals surface area contributed by atoms with Crippen molar-refractivity contribution in [3.63, 3.8) is 0 Å². The lowest BCUT2D eigenvalue weighted by Gasteiger charge is -1.87. The van der Waals surface area contributed by atoms with E-state index in [4.69, 9.17) is 0 Å². The number of carbonyl (C=O) groups is 6. The molecule has 1 aromatic rings. The normalized spacial score (nSPS) is 7.32. The van der Waals surface area contributed by atoms with Gasteiger partial charge in [-0.15, -0.1) is 0 Å². The first-order valence-corrected chi connectivity index (χ1v) is 7.72. The van der Waals surface area contributed by atoms with Gasteiger partial charge in [0.05, 0.1) is 0 Å². The van der Waals surface area contributed by atoms with Gasteiger partial charge >= 0.3 is 11.9 Å². The molecule has 0 aromatic carbocycles. The summed E-state index contributed by atoms with van der Waals surface area (Å²) in [7, 11) is 0. The van der Waals surface area contributed by atoms with Crippen LogP contribution in [-0.2, 0) is 28.7 Å². The number of rotatable bonds is 0. The zero-order valence-electron chi connectivity index (χ0n) is 17.5. The highest BCUT2D eigenvalue weighted by atomic mass is 16.6. The first-order chi connectivity index (χ1) is 12.1. The molecule has 0 bridgehead atoms. The molecule has 162 valence electrons. The summed E-state index contributed by atoms with van der Waals surface area (Å²) in [6.45, 7) is 13.0. The van der Waals surface area contributed by atoms with E-state index >= 15 is 0 Å². The Morgan fingerprint density at radius 1 is 0.679 bits per heavy atom. The Morgan fingerprint density at radius 3 is 1.04 bits per heavy atom. The van der Waals surface area contributed by atoms with Gasteiger partial charge in [-0.2, -0.15) is 0 Å². The van der Waals surface area contributed by atoms with Crippen molar-refractivity contribution in [3.05, 3.63) is 18.7 Å². The van der Waals surface area contributed by atoms with Crippen LogP contribution in [0.1, 0.15) is 74.5 Å². The van der Waals surface area contributed by atoms with Crippen LogP contribution < -0.4 is 0 Å². The molecule has 1 aromatic heterocycles. The van der Waals surface area contributed by atoms with E-state index in [0.29, 0.717) is 0 Å². The molecule has 0 saturated carbocycles. The number of imidazole rings is 1. The van der Waals surface area contributed by atoms with Crippen LogP contribution in [0, 0.1) is 0 Å². The van der Waals surface area contributed by atoms with Gasteiger partial charge in [0.1, 0.15) is 23.7 Å². The summed E-state index contributed by atoms with van der Waals surface area (Å²) in [5.41, 5.74) is 0. The summed E-state index contributed by atoms with van der Waals surface area (Å²) in [6.07, 6.45) is 4.66. The van der Waals surface area contributed by atoms with Crippen molar-refractivity contribution in [3.8, 4) is 0 Å². The lowest BCUT2D eigenvalue weighted by molar-refractivity contribution is -0.156. The predicted octanol–water partition coefficient (Wildman–Crippen LogP) is 3.06. The van der Waals surface area contributed by atoms with Gasteiger partial charge in [0.25, 0.3) is 0 Å². The van der Waals surface area contributed by atoms with Gasteiger partial charge in [-0.1, -0.05) is 7.43 Å². The van der Waals surface area contributed by atoms with Gasteiger partial charge in [0.15, 0.2) is 0 Å². The maximum Gasteiger partial charge on any atom is 0.310 e. The second-order valence-electron chi connectivity index (χ2n) is 5.30. The van der Waals surface area contributed by atoms with E-state index in [1.807, 2.05) is 0 Å². The minimum atomic E-state index is -0.562. The number of hydrogen-bond donors (Lipinski definition) is 0. The Balaban J connectivity index is -0.0000000813. The summed E-state index contributed by atoms with van der Waals surface area (Å²) in [4.78, 5) is 62.1. The minimum Gasteiger partial charge on any atom is -0.394 e. The molecule has 0 fully saturated rings. The topological polar surface area (TPSA) is 129 Å². The SMILES string of the molecule is C.CC(=O)OC(C)=O.CC(=O)n1ccnc1.CC(C)=O.CC(C)=O.CC(C)=O. The van der Waals surface area contributed by atoms with Crippen molar-refractivity contribution in [1.29, 1.82) is 0 Å². The third kappa shape index (κ3) is 77.2. The molecule has 0 aliphatic rings. The fraction of sp³-hybridized carbons (Fsp3) is 0.526. The number of aromatic nitrogens is 2. The Bertz CT molecular complexity index is 539. The van der Waals surface area contributed by atoms with E-state index < -0.39 is 11.9 Å². The summed E-state index contributed by atoms with van der Waals surface area (Å²) in [5.74, 6) is -0.637. The molecular weight excluding hydrogens is 368 g/mol. The summed E-state index contributed by atoms with van der Waals surface area (Å²) >= 11 is 0.